The number of carbonyl (C=O) groups is 1. The molecule has 5 heteroatoms. The first kappa shape index (κ1) is 20.3. The molecule has 3 aromatic carbocycles. The van der Waals surface area contributed by atoms with Gasteiger partial charge in [-0.3, -0.25) is 4.79 Å². The lowest BCUT2D eigenvalue weighted by Crippen LogP contribution is -2.05. The van der Waals surface area contributed by atoms with E-state index in [9.17, 15) is 4.79 Å². The average Bonchev–Trinajstić information content (AvgIpc) is 2.74. The van der Waals surface area contributed by atoms with Crippen molar-refractivity contribution in [1.82, 2.24) is 0 Å². The Hall–Kier alpha value is -2.43. The third kappa shape index (κ3) is 5.09. The molecule has 3 aromatic rings. The second kappa shape index (κ2) is 9.67. The predicted molar refractivity (Wildman–Crippen MR) is 115 cm³/mol. The molecule has 3 rings (SSSR count). The van der Waals surface area contributed by atoms with Crippen LogP contribution in [0.15, 0.2) is 77.7 Å². The fraction of sp³-hybridized carbons (Fsp3) is 0.174. The summed E-state index contributed by atoms with van der Waals surface area (Å²) >= 11 is 7.58. The molecule has 0 fully saturated rings. The highest BCUT2D eigenvalue weighted by molar-refractivity contribution is 7.99. The van der Waals surface area contributed by atoms with Crippen molar-refractivity contribution in [3.8, 4) is 11.5 Å². The van der Waals surface area contributed by atoms with E-state index in [0.717, 1.165) is 10.5 Å². The predicted octanol–water partition coefficient (Wildman–Crippen LogP) is 6.46. The minimum Gasteiger partial charge on any atom is -0.493 e. The first-order valence-corrected chi connectivity index (χ1v) is 10.1. The van der Waals surface area contributed by atoms with Crippen LogP contribution in [0.1, 0.15) is 27.6 Å². The summed E-state index contributed by atoms with van der Waals surface area (Å²) in [4.78, 5) is 13.9. The Balaban J connectivity index is 1.85. The van der Waals surface area contributed by atoms with Gasteiger partial charge in [-0.15, -0.1) is 11.8 Å². The molecule has 0 saturated carbocycles. The monoisotopic (exact) mass is 412 g/mol. The number of thioether (sulfide) groups is 1. The van der Waals surface area contributed by atoms with Crippen LogP contribution in [-0.4, -0.2) is 20.0 Å². The normalized spacial score (nSPS) is 11.7. The van der Waals surface area contributed by atoms with E-state index in [4.69, 9.17) is 21.1 Å². The van der Waals surface area contributed by atoms with Gasteiger partial charge in [0.1, 0.15) is 0 Å². The fourth-order valence-corrected chi connectivity index (χ4v) is 4.18. The summed E-state index contributed by atoms with van der Waals surface area (Å²) in [7, 11) is 3.23. The average molecular weight is 413 g/mol. The molecule has 0 spiro atoms. The summed E-state index contributed by atoms with van der Waals surface area (Å²) < 4.78 is 10.7. The van der Waals surface area contributed by atoms with Crippen molar-refractivity contribution < 1.29 is 14.3 Å². The molecule has 0 N–H and O–H groups in total. The zero-order chi connectivity index (χ0) is 19.9. The lowest BCUT2D eigenvalue weighted by atomic mass is 10.0. The van der Waals surface area contributed by atoms with Gasteiger partial charge in [0.2, 0.25) is 0 Å². The molecule has 0 amide bonds. The highest BCUT2D eigenvalue weighted by Crippen LogP contribution is 2.41. The summed E-state index contributed by atoms with van der Waals surface area (Å²) in [5.41, 5.74) is 1.77. The van der Waals surface area contributed by atoms with Gasteiger partial charge in [0, 0.05) is 27.2 Å². The Bertz CT molecular complexity index is 926. The Kier molecular flexibility index (Phi) is 7.01. The number of ketones is 1. The first-order valence-electron chi connectivity index (χ1n) is 8.83. The van der Waals surface area contributed by atoms with Gasteiger partial charge in [0.25, 0.3) is 0 Å². The number of hydrogen-bond donors (Lipinski definition) is 0. The highest BCUT2D eigenvalue weighted by Gasteiger charge is 2.19. The molecule has 0 heterocycles. The number of benzene rings is 3. The highest BCUT2D eigenvalue weighted by atomic mass is 35.5. The molecule has 0 unspecified atom stereocenters. The minimum atomic E-state index is -0.0255. The van der Waals surface area contributed by atoms with Crippen LogP contribution < -0.4 is 9.47 Å². The molecule has 3 nitrogen and oxygen atoms in total. The molecular weight excluding hydrogens is 392 g/mol. The van der Waals surface area contributed by atoms with Crippen molar-refractivity contribution in [3.63, 3.8) is 0 Å². The van der Waals surface area contributed by atoms with E-state index in [0.29, 0.717) is 28.5 Å². The molecule has 144 valence electrons. The van der Waals surface area contributed by atoms with Gasteiger partial charge in [-0.05, 0) is 48.0 Å². The summed E-state index contributed by atoms with van der Waals surface area (Å²) in [5.74, 6) is 1.43. The van der Waals surface area contributed by atoms with E-state index >= 15 is 0 Å². The minimum absolute atomic E-state index is 0.0255. The third-order valence-electron chi connectivity index (χ3n) is 4.34. The van der Waals surface area contributed by atoms with E-state index in [-0.39, 0.29) is 11.0 Å². The van der Waals surface area contributed by atoms with E-state index in [2.05, 4.69) is 0 Å². The van der Waals surface area contributed by atoms with E-state index in [1.807, 2.05) is 48.5 Å². The van der Waals surface area contributed by atoms with Crippen LogP contribution in [0.2, 0.25) is 5.02 Å². The van der Waals surface area contributed by atoms with Crippen LogP contribution >= 0.6 is 23.4 Å². The van der Waals surface area contributed by atoms with Crippen LogP contribution in [0.25, 0.3) is 0 Å². The van der Waals surface area contributed by atoms with Gasteiger partial charge in [-0.25, -0.2) is 0 Å². The smallest absolute Gasteiger partial charge is 0.164 e. The quantitative estimate of drug-likeness (QED) is 0.314. The van der Waals surface area contributed by atoms with Crippen molar-refractivity contribution in [2.75, 3.05) is 14.2 Å². The Morgan fingerprint density at radius 1 is 0.929 bits per heavy atom. The third-order valence-corrected chi connectivity index (χ3v) is 5.84. The molecule has 0 saturated heterocycles. The lowest BCUT2D eigenvalue weighted by Gasteiger charge is -2.18. The number of carbonyl (C=O) groups excluding carboxylic acids is 1. The number of rotatable bonds is 8. The summed E-state index contributed by atoms with van der Waals surface area (Å²) in [6.07, 6.45) is 0.380. The van der Waals surface area contributed by atoms with Crippen molar-refractivity contribution in [1.29, 1.82) is 0 Å². The zero-order valence-corrected chi connectivity index (χ0v) is 17.3. The van der Waals surface area contributed by atoms with Gasteiger partial charge in [-0.1, -0.05) is 41.9 Å². The van der Waals surface area contributed by atoms with E-state index in [1.165, 1.54) is 0 Å². The van der Waals surface area contributed by atoms with Crippen LogP contribution in [0.3, 0.4) is 0 Å². The second-order valence-corrected chi connectivity index (χ2v) is 7.88. The maximum absolute atomic E-state index is 12.9. The summed E-state index contributed by atoms with van der Waals surface area (Å²) in [6, 6.07) is 22.9. The number of methoxy groups -OCH3 is 2. The second-order valence-electron chi connectivity index (χ2n) is 6.17. The largest absolute Gasteiger partial charge is 0.493 e. The molecule has 0 aromatic heterocycles. The van der Waals surface area contributed by atoms with Crippen molar-refractivity contribution in [2.45, 2.75) is 16.6 Å². The Morgan fingerprint density at radius 2 is 1.61 bits per heavy atom. The van der Waals surface area contributed by atoms with Crippen LogP contribution in [0.5, 0.6) is 11.5 Å². The fourth-order valence-electron chi connectivity index (χ4n) is 2.87. The van der Waals surface area contributed by atoms with Gasteiger partial charge in [-0.2, -0.15) is 0 Å². The maximum atomic E-state index is 12.9. The van der Waals surface area contributed by atoms with E-state index in [1.54, 1.807) is 50.2 Å². The van der Waals surface area contributed by atoms with Crippen LogP contribution in [0, 0.1) is 0 Å². The molecule has 0 aliphatic heterocycles. The zero-order valence-electron chi connectivity index (χ0n) is 15.7. The standard InChI is InChI=1S/C23H21ClO3S/c1-26-21-13-12-19(14-22(21)27-2)28-23(17-6-4-3-5-7-17)15-20(25)16-8-10-18(24)11-9-16/h3-14,23H,15H2,1-2H3/t23-/m1/s1. The Morgan fingerprint density at radius 3 is 2.25 bits per heavy atom. The lowest BCUT2D eigenvalue weighted by molar-refractivity contribution is 0.0982. The van der Waals surface area contributed by atoms with Crippen LogP contribution in [0.4, 0.5) is 0 Å². The maximum Gasteiger partial charge on any atom is 0.164 e. The SMILES string of the molecule is COc1ccc(S[C@H](CC(=O)c2ccc(Cl)cc2)c2ccccc2)cc1OC. The molecular formula is C23H21ClO3S. The summed E-state index contributed by atoms with van der Waals surface area (Å²) in [6.45, 7) is 0. The van der Waals surface area contributed by atoms with Gasteiger partial charge in [0.15, 0.2) is 17.3 Å². The molecule has 28 heavy (non-hydrogen) atoms. The van der Waals surface area contributed by atoms with Gasteiger partial charge < -0.3 is 9.47 Å². The molecule has 1 atom stereocenters. The van der Waals surface area contributed by atoms with E-state index < -0.39 is 0 Å². The van der Waals surface area contributed by atoms with Crippen LogP contribution in [-0.2, 0) is 0 Å². The number of ether oxygens (including phenoxy) is 2. The Labute approximate surface area is 174 Å². The molecule has 0 bridgehead atoms. The molecule has 0 aliphatic rings. The van der Waals surface area contributed by atoms with Crippen molar-refractivity contribution >= 4 is 29.1 Å². The molecule has 0 aliphatic carbocycles. The topological polar surface area (TPSA) is 35.5 Å². The first-order chi connectivity index (χ1) is 13.6. The van der Waals surface area contributed by atoms with Gasteiger partial charge >= 0.3 is 0 Å². The number of Topliss-reactive ketones (excluding diaryl/α,β-unsaturated/α-hetero) is 1. The number of halogens is 1. The van der Waals surface area contributed by atoms with Gasteiger partial charge in [0.05, 0.1) is 14.2 Å². The van der Waals surface area contributed by atoms with Crippen molar-refractivity contribution in [2.24, 2.45) is 0 Å². The summed E-state index contributed by atoms with van der Waals surface area (Å²) in [5, 5.41) is 0.596. The number of hydrogen-bond acceptors (Lipinski definition) is 4. The van der Waals surface area contributed by atoms with Crippen molar-refractivity contribution in [3.05, 3.63) is 88.9 Å². The molecule has 0 radical (unpaired) electrons.